The van der Waals surface area contributed by atoms with Gasteiger partial charge in [-0.25, -0.2) is 9.59 Å². The predicted molar refractivity (Wildman–Crippen MR) is 126 cm³/mol. The lowest BCUT2D eigenvalue weighted by molar-refractivity contribution is -0.137. The number of carbonyl (C=O) groups is 2. The van der Waals surface area contributed by atoms with Crippen molar-refractivity contribution in [2.75, 3.05) is 36.8 Å². The lowest BCUT2D eigenvalue weighted by atomic mass is 9.90. The van der Waals surface area contributed by atoms with Gasteiger partial charge in [-0.3, -0.25) is 4.90 Å². The van der Waals surface area contributed by atoms with E-state index < -0.39 is 23.4 Å². The molecule has 0 unspecified atom stereocenters. The highest BCUT2D eigenvalue weighted by molar-refractivity contribution is 5.99. The third-order valence-electron chi connectivity index (χ3n) is 6.04. The number of piperazine rings is 1. The standard InChI is InChI=1S/C25H29F3N4O3/c1-24(2,3)35-23(34)32-13-12-31-11-10-16-14-19(8-9-20(16)21(31)15-32)30-22(33)29-18-6-4-17(5-7-18)25(26,27)28/h4-9,14,21H,10-13,15H2,1-3H3,(H2,29,30,33)/t21-/m0/s1. The van der Waals surface area contributed by atoms with Gasteiger partial charge in [0, 0.05) is 37.6 Å². The van der Waals surface area contributed by atoms with Gasteiger partial charge in [-0.1, -0.05) is 6.07 Å². The maximum absolute atomic E-state index is 12.7. The van der Waals surface area contributed by atoms with Crippen molar-refractivity contribution < 1.29 is 27.5 Å². The number of hydrogen-bond donors (Lipinski definition) is 2. The van der Waals surface area contributed by atoms with Crippen LogP contribution in [0.4, 0.5) is 34.1 Å². The van der Waals surface area contributed by atoms with Crippen LogP contribution in [-0.4, -0.2) is 53.7 Å². The van der Waals surface area contributed by atoms with Gasteiger partial charge in [-0.15, -0.1) is 0 Å². The van der Waals surface area contributed by atoms with Crippen LogP contribution in [0.15, 0.2) is 42.5 Å². The van der Waals surface area contributed by atoms with Crippen molar-refractivity contribution >= 4 is 23.5 Å². The summed E-state index contributed by atoms with van der Waals surface area (Å²) in [6.07, 6.45) is -3.93. The highest BCUT2D eigenvalue weighted by atomic mass is 19.4. The van der Waals surface area contributed by atoms with Crippen LogP contribution in [-0.2, 0) is 17.3 Å². The number of halogens is 3. The molecule has 2 heterocycles. The minimum absolute atomic E-state index is 0.0510. The average molecular weight is 491 g/mol. The molecule has 0 saturated carbocycles. The van der Waals surface area contributed by atoms with Crippen molar-refractivity contribution in [2.24, 2.45) is 0 Å². The van der Waals surface area contributed by atoms with Crippen molar-refractivity contribution in [1.29, 1.82) is 0 Å². The lowest BCUT2D eigenvalue weighted by Crippen LogP contribution is -2.53. The van der Waals surface area contributed by atoms with E-state index in [9.17, 15) is 22.8 Å². The van der Waals surface area contributed by atoms with Crippen molar-refractivity contribution in [2.45, 2.75) is 45.0 Å². The van der Waals surface area contributed by atoms with Crippen LogP contribution < -0.4 is 10.6 Å². The monoisotopic (exact) mass is 490 g/mol. The fourth-order valence-corrected chi connectivity index (χ4v) is 4.40. The molecular weight excluding hydrogens is 461 g/mol. The maximum atomic E-state index is 12.7. The Morgan fingerprint density at radius 3 is 2.26 bits per heavy atom. The molecule has 4 rings (SSSR count). The first-order valence-electron chi connectivity index (χ1n) is 11.5. The normalized spacial score (nSPS) is 18.3. The van der Waals surface area contributed by atoms with Crippen LogP contribution in [0, 0.1) is 0 Å². The molecule has 188 valence electrons. The summed E-state index contributed by atoms with van der Waals surface area (Å²) in [6.45, 7) is 8.30. The molecule has 1 fully saturated rings. The summed E-state index contributed by atoms with van der Waals surface area (Å²) in [5, 5.41) is 5.29. The van der Waals surface area contributed by atoms with E-state index in [0.717, 1.165) is 42.8 Å². The SMILES string of the molecule is CC(C)(C)OC(=O)N1CCN2CCc3cc(NC(=O)Nc4ccc(C(F)(F)F)cc4)ccc3[C@@H]2C1. The molecule has 0 spiro atoms. The molecule has 0 aromatic heterocycles. The zero-order chi connectivity index (χ0) is 25.4. The van der Waals surface area contributed by atoms with Crippen LogP contribution in [0.5, 0.6) is 0 Å². The van der Waals surface area contributed by atoms with Gasteiger partial charge in [0.05, 0.1) is 11.6 Å². The van der Waals surface area contributed by atoms with Gasteiger partial charge in [0.2, 0.25) is 0 Å². The van der Waals surface area contributed by atoms with Crippen LogP contribution in [0.25, 0.3) is 0 Å². The molecule has 0 radical (unpaired) electrons. The van der Waals surface area contributed by atoms with Gasteiger partial charge < -0.3 is 20.3 Å². The number of hydrogen-bond acceptors (Lipinski definition) is 4. The Kier molecular flexibility index (Phi) is 6.68. The number of fused-ring (bicyclic) bond motifs is 3. The second kappa shape index (κ2) is 9.41. The second-order valence-electron chi connectivity index (χ2n) is 9.80. The van der Waals surface area contributed by atoms with Crippen LogP contribution >= 0.6 is 0 Å². The highest BCUT2D eigenvalue weighted by Crippen LogP contribution is 2.34. The topological polar surface area (TPSA) is 73.9 Å². The number of nitrogens with zero attached hydrogens (tertiary/aromatic N) is 2. The van der Waals surface area contributed by atoms with Crippen molar-refractivity contribution in [3.05, 3.63) is 59.2 Å². The number of nitrogens with one attached hydrogen (secondary N) is 2. The number of carbonyl (C=O) groups excluding carboxylic acids is 2. The Bertz CT molecular complexity index is 1100. The quantitative estimate of drug-likeness (QED) is 0.583. The molecule has 2 aromatic rings. The fraction of sp³-hybridized carbons (Fsp3) is 0.440. The summed E-state index contributed by atoms with van der Waals surface area (Å²) in [4.78, 5) is 29.0. The first kappa shape index (κ1) is 24.8. The molecule has 0 aliphatic carbocycles. The summed E-state index contributed by atoms with van der Waals surface area (Å²) in [6, 6.07) is 9.43. The molecule has 3 amide bonds. The predicted octanol–water partition coefficient (Wildman–Crippen LogP) is 5.50. The van der Waals surface area contributed by atoms with Gasteiger partial charge >= 0.3 is 18.3 Å². The first-order valence-corrected chi connectivity index (χ1v) is 11.5. The summed E-state index contributed by atoms with van der Waals surface area (Å²) in [5.74, 6) is 0. The molecule has 2 aliphatic rings. The minimum atomic E-state index is -4.43. The number of anilines is 2. The highest BCUT2D eigenvalue weighted by Gasteiger charge is 2.36. The average Bonchev–Trinajstić information content (AvgIpc) is 2.77. The molecule has 7 nitrogen and oxygen atoms in total. The van der Waals surface area contributed by atoms with Gasteiger partial charge in [0.15, 0.2) is 0 Å². The van der Waals surface area contributed by atoms with E-state index in [2.05, 4.69) is 15.5 Å². The first-order chi connectivity index (χ1) is 16.4. The zero-order valence-corrected chi connectivity index (χ0v) is 19.9. The fourth-order valence-electron chi connectivity index (χ4n) is 4.40. The second-order valence-corrected chi connectivity index (χ2v) is 9.80. The van der Waals surface area contributed by atoms with E-state index in [0.29, 0.717) is 18.8 Å². The Morgan fingerprint density at radius 1 is 0.943 bits per heavy atom. The molecule has 10 heteroatoms. The van der Waals surface area contributed by atoms with Crippen LogP contribution in [0.3, 0.4) is 0 Å². The van der Waals surface area contributed by atoms with Crippen molar-refractivity contribution in [3.8, 4) is 0 Å². The third kappa shape index (κ3) is 6.05. The molecule has 35 heavy (non-hydrogen) atoms. The molecule has 0 bridgehead atoms. The summed E-state index contributed by atoms with van der Waals surface area (Å²) in [7, 11) is 0. The van der Waals surface area contributed by atoms with E-state index in [1.807, 2.05) is 32.9 Å². The summed E-state index contributed by atoms with van der Waals surface area (Å²) in [5.41, 5.74) is 1.71. The minimum Gasteiger partial charge on any atom is -0.444 e. The number of amides is 3. The number of benzene rings is 2. The van der Waals surface area contributed by atoms with E-state index in [1.165, 1.54) is 12.1 Å². The van der Waals surface area contributed by atoms with Gasteiger partial charge in [-0.05, 0) is 74.7 Å². The number of alkyl halides is 3. The van der Waals surface area contributed by atoms with Crippen LogP contribution in [0.2, 0.25) is 0 Å². The largest absolute Gasteiger partial charge is 0.444 e. The number of urea groups is 1. The molecule has 1 atom stereocenters. The molecule has 2 aromatic carbocycles. The maximum Gasteiger partial charge on any atom is 0.416 e. The Balaban J connectivity index is 1.41. The van der Waals surface area contributed by atoms with E-state index in [-0.39, 0.29) is 17.8 Å². The number of rotatable bonds is 2. The Labute approximate surface area is 202 Å². The van der Waals surface area contributed by atoms with Gasteiger partial charge in [0.25, 0.3) is 0 Å². The lowest BCUT2D eigenvalue weighted by Gasteiger charge is -2.45. The van der Waals surface area contributed by atoms with Crippen molar-refractivity contribution in [1.82, 2.24) is 9.80 Å². The molecular formula is C25H29F3N4O3. The van der Waals surface area contributed by atoms with Crippen LogP contribution in [0.1, 0.15) is 43.5 Å². The molecule has 2 N–H and O–H groups in total. The van der Waals surface area contributed by atoms with Gasteiger partial charge in [-0.2, -0.15) is 13.2 Å². The van der Waals surface area contributed by atoms with Crippen molar-refractivity contribution in [3.63, 3.8) is 0 Å². The summed E-state index contributed by atoms with van der Waals surface area (Å²) < 4.78 is 43.7. The molecule has 1 saturated heterocycles. The van der Waals surface area contributed by atoms with E-state index in [4.69, 9.17) is 4.74 Å². The van der Waals surface area contributed by atoms with E-state index >= 15 is 0 Å². The Hall–Kier alpha value is -3.27. The smallest absolute Gasteiger partial charge is 0.416 e. The zero-order valence-electron chi connectivity index (χ0n) is 19.9. The Morgan fingerprint density at radius 2 is 1.60 bits per heavy atom. The third-order valence-corrected chi connectivity index (χ3v) is 6.04. The molecule has 2 aliphatic heterocycles. The summed E-state index contributed by atoms with van der Waals surface area (Å²) >= 11 is 0. The van der Waals surface area contributed by atoms with E-state index in [1.54, 1.807) is 11.0 Å². The van der Waals surface area contributed by atoms with Gasteiger partial charge in [0.1, 0.15) is 5.60 Å². The number of ether oxygens (including phenoxy) is 1.